The van der Waals surface area contributed by atoms with Crippen molar-refractivity contribution in [2.75, 3.05) is 16.3 Å². The minimum absolute atomic E-state index is 0.0445. The van der Waals surface area contributed by atoms with E-state index in [4.69, 9.17) is 4.74 Å². The summed E-state index contributed by atoms with van der Waals surface area (Å²) in [4.78, 5) is 41.6. The molecular weight excluding hydrogens is 468 g/mol. The fourth-order valence-corrected chi connectivity index (χ4v) is 5.98. The van der Waals surface area contributed by atoms with Crippen molar-refractivity contribution in [2.45, 2.75) is 83.6 Å². The molecule has 0 unspecified atom stereocenters. The highest BCUT2D eigenvalue weighted by atomic mass is 16.6. The molecule has 2 fully saturated rings. The van der Waals surface area contributed by atoms with E-state index in [0.717, 1.165) is 24.0 Å². The molecule has 2 aromatic rings. The predicted molar refractivity (Wildman–Crippen MR) is 144 cm³/mol. The lowest BCUT2D eigenvalue weighted by molar-refractivity contribution is -0.117. The van der Waals surface area contributed by atoms with Crippen molar-refractivity contribution in [2.24, 2.45) is 0 Å². The van der Waals surface area contributed by atoms with Crippen molar-refractivity contribution in [1.82, 2.24) is 10.6 Å². The largest absolute Gasteiger partial charge is 0.446 e. The second-order valence-electron chi connectivity index (χ2n) is 10.8. The van der Waals surface area contributed by atoms with Crippen molar-refractivity contribution in [3.05, 3.63) is 48.0 Å². The maximum atomic E-state index is 12.9. The van der Waals surface area contributed by atoms with Crippen LogP contribution >= 0.6 is 0 Å². The van der Waals surface area contributed by atoms with Crippen LogP contribution in [0.4, 0.5) is 16.2 Å². The van der Waals surface area contributed by atoms with Crippen LogP contribution in [0.2, 0.25) is 0 Å². The van der Waals surface area contributed by atoms with E-state index >= 15 is 0 Å². The molecule has 4 atom stereocenters. The summed E-state index contributed by atoms with van der Waals surface area (Å²) in [5.74, 6) is -0.118. The smallest absolute Gasteiger partial charge is 0.414 e. The standard InChI is InChI=1S/C29H36N4O4/c1-17(2)37-29(36)32-16-18(3)33(19(4)34)26-12-9-22(13-27(26)32)20-5-7-21(8-6-20)28(35)31-25-14-23-10-11-24(15-25)30-23/h5-9,12-13,17-18,23-25,30H,10-11,14-16H2,1-4H3,(H,31,35)/t18-,23-,24+,25+/m0/s1. The molecule has 0 spiro atoms. The van der Waals surface area contributed by atoms with E-state index in [2.05, 4.69) is 10.6 Å². The first-order chi connectivity index (χ1) is 17.7. The van der Waals surface area contributed by atoms with Crippen molar-refractivity contribution in [3.8, 4) is 11.1 Å². The van der Waals surface area contributed by atoms with Crippen molar-refractivity contribution in [1.29, 1.82) is 0 Å². The monoisotopic (exact) mass is 504 g/mol. The molecular formula is C29H36N4O4. The molecule has 3 aliphatic heterocycles. The Morgan fingerprint density at radius 2 is 1.62 bits per heavy atom. The van der Waals surface area contributed by atoms with Crippen LogP contribution in [-0.4, -0.2) is 54.7 Å². The Kier molecular flexibility index (Phi) is 6.94. The molecule has 3 amide bonds. The molecule has 2 N–H and O–H groups in total. The Morgan fingerprint density at radius 3 is 2.24 bits per heavy atom. The first-order valence-electron chi connectivity index (χ1n) is 13.3. The highest BCUT2D eigenvalue weighted by molar-refractivity contribution is 6.03. The number of hydrogen-bond donors (Lipinski definition) is 2. The van der Waals surface area contributed by atoms with Gasteiger partial charge in [0.2, 0.25) is 5.91 Å². The summed E-state index contributed by atoms with van der Waals surface area (Å²) < 4.78 is 5.49. The van der Waals surface area contributed by atoms with E-state index in [0.29, 0.717) is 35.6 Å². The summed E-state index contributed by atoms with van der Waals surface area (Å²) >= 11 is 0. The van der Waals surface area contributed by atoms with Crippen LogP contribution in [0.25, 0.3) is 11.1 Å². The first-order valence-corrected chi connectivity index (χ1v) is 13.3. The number of hydrogen-bond acceptors (Lipinski definition) is 5. The van der Waals surface area contributed by atoms with Gasteiger partial charge >= 0.3 is 6.09 Å². The van der Waals surface area contributed by atoms with Gasteiger partial charge in [-0.05, 0) is 81.8 Å². The van der Waals surface area contributed by atoms with Crippen LogP contribution in [0.15, 0.2) is 42.5 Å². The predicted octanol–water partition coefficient (Wildman–Crippen LogP) is 4.47. The number of piperidine rings is 1. The van der Waals surface area contributed by atoms with Gasteiger partial charge in [0.25, 0.3) is 5.91 Å². The SMILES string of the molecule is CC(=O)N1c2ccc(-c3ccc(C(=O)N[C@H]4C[C@H]5CC[C@@H](C4)N5)cc3)cc2N(C(=O)OC(C)C)C[C@@H]1C. The first kappa shape index (κ1) is 25.3. The normalized spacial score (nSPS) is 24.6. The van der Waals surface area contributed by atoms with Crippen molar-refractivity contribution < 1.29 is 19.1 Å². The molecule has 37 heavy (non-hydrogen) atoms. The Labute approximate surface area is 218 Å². The average molecular weight is 505 g/mol. The van der Waals surface area contributed by atoms with E-state index in [1.54, 1.807) is 9.80 Å². The van der Waals surface area contributed by atoms with E-state index in [9.17, 15) is 14.4 Å². The molecule has 8 nitrogen and oxygen atoms in total. The molecule has 2 aromatic carbocycles. The fraction of sp³-hybridized carbons (Fsp3) is 0.483. The maximum absolute atomic E-state index is 12.9. The van der Waals surface area contributed by atoms with E-state index in [1.165, 1.54) is 19.8 Å². The van der Waals surface area contributed by atoms with E-state index in [-0.39, 0.29) is 30.0 Å². The maximum Gasteiger partial charge on any atom is 0.414 e. The Bertz CT molecular complexity index is 1180. The number of fused-ring (bicyclic) bond motifs is 3. The molecule has 0 radical (unpaired) electrons. The number of anilines is 2. The van der Waals surface area contributed by atoms with Crippen LogP contribution in [0.1, 0.15) is 63.7 Å². The van der Waals surface area contributed by atoms with Gasteiger partial charge < -0.3 is 20.3 Å². The molecule has 3 heterocycles. The zero-order chi connectivity index (χ0) is 26.3. The Hall–Kier alpha value is -3.39. The minimum atomic E-state index is -0.429. The van der Waals surface area contributed by atoms with Crippen molar-refractivity contribution >= 4 is 29.3 Å². The zero-order valence-corrected chi connectivity index (χ0v) is 22.0. The van der Waals surface area contributed by atoms with Crippen LogP contribution in [-0.2, 0) is 9.53 Å². The Balaban J connectivity index is 1.37. The third kappa shape index (κ3) is 5.21. The summed E-state index contributed by atoms with van der Waals surface area (Å²) in [6.07, 6.45) is 3.69. The molecule has 5 rings (SSSR count). The summed E-state index contributed by atoms with van der Waals surface area (Å²) in [5, 5.41) is 6.82. The van der Waals surface area contributed by atoms with Crippen molar-refractivity contribution in [3.63, 3.8) is 0 Å². The highest BCUT2D eigenvalue weighted by Gasteiger charge is 2.35. The van der Waals surface area contributed by atoms with Gasteiger partial charge in [-0.25, -0.2) is 4.79 Å². The summed E-state index contributed by atoms with van der Waals surface area (Å²) in [6, 6.07) is 14.4. The van der Waals surface area contributed by atoms with Crippen LogP contribution < -0.4 is 20.4 Å². The van der Waals surface area contributed by atoms with Gasteiger partial charge in [0.05, 0.1) is 23.5 Å². The molecule has 2 saturated heterocycles. The third-order valence-electron chi connectivity index (χ3n) is 7.60. The number of ether oxygens (including phenoxy) is 1. The zero-order valence-electron chi connectivity index (χ0n) is 22.0. The fourth-order valence-electron chi connectivity index (χ4n) is 5.98. The lowest BCUT2D eigenvalue weighted by Gasteiger charge is -2.40. The summed E-state index contributed by atoms with van der Waals surface area (Å²) in [5.41, 5.74) is 3.76. The number of nitrogens with one attached hydrogen (secondary N) is 2. The van der Waals surface area contributed by atoms with Crippen LogP contribution in [0.3, 0.4) is 0 Å². The second kappa shape index (κ2) is 10.2. The quantitative estimate of drug-likeness (QED) is 0.641. The lowest BCUT2D eigenvalue weighted by atomic mass is 9.98. The van der Waals surface area contributed by atoms with Gasteiger partial charge in [-0.3, -0.25) is 14.5 Å². The highest BCUT2D eigenvalue weighted by Crippen LogP contribution is 2.39. The lowest BCUT2D eigenvalue weighted by Crippen LogP contribution is -2.51. The average Bonchev–Trinajstić information content (AvgIpc) is 3.20. The number of amides is 3. The van der Waals surface area contributed by atoms with Crippen LogP contribution in [0.5, 0.6) is 0 Å². The number of carbonyl (C=O) groups is 3. The van der Waals surface area contributed by atoms with Gasteiger partial charge in [0.1, 0.15) is 0 Å². The number of benzene rings is 2. The molecule has 0 saturated carbocycles. The van der Waals surface area contributed by atoms with Gasteiger partial charge in [-0.2, -0.15) is 0 Å². The second-order valence-corrected chi connectivity index (χ2v) is 10.8. The van der Waals surface area contributed by atoms with Gasteiger partial charge in [-0.1, -0.05) is 18.2 Å². The molecule has 196 valence electrons. The minimum Gasteiger partial charge on any atom is -0.446 e. The van der Waals surface area contributed by atoms with E-state index in [1.807, 2.05) is 63.2 Å². The van der Waals surface area contributed by atoms with Gasteiger partial charge in [-0.15, -0.1) is 0 Å². The number of nitrogens with zero attached hydrogens (tertiary/aromatic N) is 2. The summed E-state index contributed by atoms with van der Waals surface area (Å²) in [7, 11) is 0. The molecule has 3 aliphatic rings. The van der Waals surface area contributed by atoms with Gasteiger partial charge in [0, 0.05) is 37.2 Å². The third-order valence-corrected chi connectivity index (χ3v) is 7.60. The molecule has 0 aliphatic carbocycles. The molecule has 0 aromatic heterocycles. The molecule has 8 heteroatoms. The van der Waals surface area contributed by atoms with Crippen LogP contribution in [0, 0.1) is 0 Å². The number of rotatable bonds is 4. The summed E-state index contributed by atoms with van der Waals surface area (Å²) in [6.45, 7) is 7.44. The molecule has 2 bridgehead atoms. The van der Waals surface area contributed by atoms with Gasteiger partial charge in [0.15, 0.2) is 0 Å². The number of carbonyl (C=O) groups excluding carboxylic acids is 3. The van der Waals surface area contributed by atoms with E-state index < -0.39 is 6.09 Å². The topological polar surface area (TPSA) is 91.0 Å². The Morgan fingerprint density at radius 1 is 0.973 bits per heavy atom.